The average molecular weight is 319 g/mol. The first-order chi connectivity index (χ1) is 10.3. The van der Waals surface area contributed by atoms with Gasteiger partial charge in [-0.2, -0.15) is 4.98 Å². The van der Waals surface area contributed by atoms with E-state index in [4.69, 9.17) is 30.5 Å². The van der Waals surface area contributed by atoms with Crippen molar-refractivity contribution in [3.8, 4) is 5.88 Å². The maximum Gasteiger partial charge on any atom is 0.233 e. The van der Waals surface area contributed by atoms with Gasteiger partial charge >= 0.3 is 0 Å². The predicted octanol–water partition coefficient (Wildman–Crippen LogP) is 2.36. The number of halogens is 1. The van der Waals surface area contributed by atoms with Crippen LogP contribution in [0, 0.1) is 0 Å². The summed E-state index contributed by atoms with van der Waals surface area (Å²) in [6.07, 6.45) is 5.21. The van der Waals surface area contributed by atoms with Crippen LogP contribution in [0.4, 0.5) is 0 Å². The number of hydrogen-bond acceptors (Lipinski definition) is 6. The summed E-state index contributed by atoms with van der Waals surface area (Å²) in [5, 5.41) is 0.308. The Morgan fingerprint density at radius 3 is 2.14 bits per heavy atom. The topological polar surface area (TPSA) is 62.7 Å². The Bertz CT molecular complexity index is 369. The highest BCUT2D eigenvalue weighted by atomic mass is 35.5. The number of hydrogen-bond donors (Lipinski definition) is 0. The molecule has 120 valence electrons. The van der Waals surface area contributed by atoms with E-state index >= 15 is 0 Å². The highest BCUT2D eigenvalue weighted by molar-refractivity contribution is 6.29. The molecular formula is C14H23ClN2O4. The minimum absolute atomic E-state index is 0.308. The zero-order valence-electron chi connectivity index (χ0n) is 12.4. The Balaban J connectivity index is 1.82. The zero-order valence-corrected chi connectivity index (χ0v) is 13.2. The van der Waals surface area contributed by atoms with E-state index < -0.39 is 0 Å². The van der Waals surface area contributed by atoms with Gasteiger partial charge in [-0.1, -0.05) is 24.9 Å². The summed E-state index contributed by atoms with van der Waals surface area (Å²) in [6.45, 7) is 6.12. The molecule has 21 heavy (non-hydrogen) atoms. The zero-order chi connectivity index (χ0) is 15.2. The largest absolute Gasteiger partial charge is 0.474 e. The van der Waals surface area contributed by atoms with Crippen molar-refractivity contribution in [2.45, 2.75) is 19.8 Å². The standard InChI is InChI=1S/C14H23ClN2O4/c1-2-3-4-18-5-6-19-7-8-20-9-10-21-14-12-16-11-13(15)17-14/h11-12H,2-10H2,1H3. The maximum atomic E-state index is 5.68. The average Bonchev–Trinajstić information content (AvgIpc) is 2.48. The Labute approximate surface area is 130 Å². The van der Waals surface area contributed by atoms with E-state index in [2.05, 4.69) is 16.9 Å². The molecule has 1 aromatic heterocycles. The molecule has 0 atom stereocenters. The van der Waals surface area contributed by atoms with Gasteiger partial charge in [0.25, 0.3) is 0 Å². The molecule has 0 fully saturated rings. The summed E-state index contributed by atoms with van der Waals surface area (Å²) in [7, 11) is 0. The highest BCUT2D eigenvalue weighted by Crippen LogP contribution is 2.08. The molecule has 0 aromatic carbocycles. The fourth-order valence-corrected chi connectivity index (χ4v) is 1.53. The molecular weight excluding hydrogens is 296 g/mol. The summed E-state index contributed by atoms with van der Waals surface area (Å²) < 4.78 is 21.4. The molecule has 0 saturated carbocycles. The van der Waals surface area contributed by atoms with Crippen molar-refractivity contribution in [2.24, 2.45) is 0 Å². The lowest BCUT2D eigenvalue weighted by Gasteiger charge is -2.07. The van der Waals surface area contributed by atoms with Crippen LogP contribution in [-0.4, -0.2) is 56.2 Å². The molecule has 0 amide bonds. The third-order valence-electron chi connectivity index (χ3n) is 2.45. The van der Waals surface area contributed by atoms with Crippen molar-refractivity contribution in [1.29, 1.82) is 0 Å². The van der Waals surface area contributed by atoms with Gasteiger partial charge in [0.1, 0.15) is 6.61 Å². The first-order valence-corrected chi connectivity index (χ1v) is 7.54. The van der Waals surface area contributed by atoms with E-state index in [9.17, 15) is 0 Å². The van der Waals surface area contributed by atoms with Crippen molar-refractivity contribution in [3.05, 3.63) is 17.5 Å². The van der Waals surface area contributed by atoms with Crippen LogP contribution in [0.2, 0.25) is 5.15 Å². The molecule has 0 aliphatic carbocycles. The summed E-state index contributed by atoms with van der Waals surface area (Å²) in [5.74, 6) is 0.395. The molecule has 1 aromatic rings. The van der Waals surface area contributed by atoms with Gasteiger partial charge in [0.2, 0.25) is 5.88 Å². The predicted molar refractivity (Wildman–Crippen MR) is 79.9 cm³/mol. The molecule has 1 heterocycles. The quantitative estimate of drug-likeness (QED) is 0.520. The minimum Gasteiger partial charge on any atom is -0.474 e. The summed E-state index contributed by atoms with van der Waals surface area (Å²) >= 11 is 5.68. The number of rotatable bonds is 13. The molecule has 0 saturated heterocycles. The van der Waals surface area contributed by atoms with E-state index in [-0.39, 0.29) is 0 Å². The van der Waals surface area contributed by atoms with Crippen LogP contribution >= 0.6 is 11.6 Å². The SMILES string of the molecule is CCCCOCCOCCOCCOc1cncc(Cl)n1. The Morgan fingerprint density at radius 2 is 1.52 bits per heavy atom. The van der Waals surface area contributed by atoms with Gasteiger partial charge in [-0.25, -0.2) is 0 Å². The van der Waals surface area contributed by atoms with Gasteiger partial charge < -0.3 is 18.9 Å². The van der Waals surface area contributed by atoms with Gasteiger partial charge in [0.15, 0.2) is 5.15 Å². The van der Waals surface area contributed by atoms with E-state index in [1.54, 1.807) is 0 Å². The van der Waals surface area contributed by atoms with Crippen LogP contribution in [0.3, 0.4) is 0 Å². The lowest BCUT2D eigenvalue weighted by atomic mass is 10.4. The maximum absolute atomic E-state index is 5.68. The number of nitrogens with zero attached hydrogens (tertiary/aromatic N) is 2. The fourth-order valence-electron chi connectivity index (χ4n) is 1.39. The van der Waals surface area contributed by atoms with Gasteiger partial charge in [0, 0.05) is 6.61 Å². The van der Waals surface area contributed by atoms with Crippen molar-refractivity contribution in [2.75, 3.05) is 46.2 Å². The monoisotopic (exact) mass is 318 g/mol. The Hall–Kier alpha value is -0.950. The number of ether oxygens (including phenoxy) is 4. The van der Waals surface area contributed by atoms with Crippen molar-refractivity contribution >= 4 is 11.6 Å². The Kier molecular flexibility index (Phi) is 11.0. The molecule has 0 aliphatic rings. The van der Waals surface area contributed by atoms with Crippen LogP contribution in [0.5, 0.6) is 5.88 Å². The van der Waals surface area contributed by atoms with E-state index in [0.717, 1.165) is 19.4 Å². The lowest BCUT2D eigenvalue weighted by molar-refractivity contribution is 0.00870. The second kappa shape index (κ2) is 12.8. The van der Waals surface area contributed by atoms with Crippen molar-refractivity contribution in [3.63, 3.8) is 0 Å². The second-order valence-corrected chi connectivity index (χ2v) is 4.61. The molecule has 6 nitrogen and oxygen atoms in total. The van der Waals surface area contributed by atoms with Gasteiger partial charge in [0.05, 0.1) is 45.4 Å². The molecule has 0 spiro atoms. The molecule has 0 unspecified atom stereocenters. The van der Waals surface area contributed by atoms with Crippen molar-refractivity contribution < 1.29 is 18.9 Å². The molecule has 0 radical (unpaired) electrons. The summed E-state index contributed by atoms with van der Waals surface area (Å²) in [5.41, 5.74) is 0. The molecule has 7 heteroatoms. The first kappa shape index (κ1) is 18.1. The van der Waals surface area contributed by atoms with Crippen LogP contribution in [-0.2, 0) is 14.2 Å². The minimum atomic E-state index is 0.308. The smallest absolute Gasteiger partial charge is 0.233 e. The molecule has 0 N–H and O–H groups in total. The van der Waals surface area contributed by atoms with E-state index in [1.165, 1.54) is 12.4 Å². The third kappa shape index (κ3) is 10.4. The first-order valence-electron chi connectivity index (χ1n) is 7.16. The molecule has 1 rings (SSSR count). The van der Waals surface area contributed by atoms with Crippen molar-refractivity contribution in [1.82, 2.24) is 9.97 Å². The normalized spacial score (nSPS) is 10.8. The van der Waals surface area contributed by atoms with Crippen LogP contribution in [0.15, 0.2) is 12.4 Å². The third-order valence-corrected chi connectivity index (χ3v) is 2.63. The van der Waals surface area contributed by atoms with Gasteiger partial charge in [-0.15, -0.1) is 0 Å². The number of unbranched alkanes of at least 4 members (excludes halogenated alkanes) is 1. The Morgan fingerprint density at radius 1 is 0.905 bits per heavy atom. The molecule has 0 bridgehead atoms. The van der Waals surface area contributed by atoms with Gasteiger partial charge in [-0.3, -0.25) is 4.98 Å². The highest BCUT2D eigenvalue weighted by Gasteiger charge is 1.97. The van der Waals surface area contributed by atoms with Crippen LogP contribution < -0.4 is 4.74 Å². The lowest BCUT2D eigenvalue weighted by Crippen LogP contribution is -2.13. The number of aromatic nitrogens is 2. The summed E-state index contributed by atoms with van der Waals surface area (Å²) in [6, 6.07) is 0. The molecule has 0 aliphatic heterocycles. The van der Waals surface area contributed by atoms with Crippen LogP contribution in [0.25, 0.3) is 0 Å². The van der Waals surface area contributed by atoms with Crippen LogP contribution in [0.1, 0.15) is 19.8 Å². The summed E-state index contributed by atoms with van der Waals surface area (Å²) in [4.78, 5) is 7.82. The van der Waals surface area contributed by atoms with Gasteiger partial charge in [-0.05, 0) is 6.42 Å². The van der Waals surface area contributed by atoms with E-state index in [0.29, 0.717) is 50.7 Å². The van der Waals surface area contributed by atoms with E-state index in [1.807, 2.05) is 0 Å². The second-order valence-electron chi connectivity index (χ2n) is 4.22. The fraction of sp³-hybridized carbons (Fsp3) is 0.714.